The number of likely N-dealkylation sites (tertiary alicyclic amines) is 1. The molecule has 1 aliphatic heterocycles. The SMILES string of the molecule is O=C(O)CCCCCN1C(=O)CC(SCCC(=O)O)C1=O. The normalized spacial score (nSPS) is 18.3. The number of thioether (sulfide) groups is 1. The number of carbonyl (C=O) groups excluding carboxylic acids is 2. The van der Waals surface area contributed by atoms with E-state index in [1.807, 2.05) is 0 Å². The molecule has 118 valence electrons. The van der Waals surface area contributed by atoms with Crippen molar-refractivity contribution < 1.29 is 29.4 Å². The number of carboxylic acid groups (broad SMARTS) is 2. The van der Waals surface area contributed by atoms with Gasteiger partial charge in [0, 0.05) is 25.1 Å². The molecule has 1 fully saturated rings. The van der Waals surface area contributed by atoms with Crippen molar-refractivity contribution in [2.24, 2.45) is 0 Å². The summed E-state index contributed by atoms with van der Waals surface area (Å²) in [5.74, 6) is -1.95. The first-order valence-electron chi connectivity index (χ1n) is 6.81. The van der Waals surface area contributed by atoms with Crippen molar-refractivity contribution in [1.29, 1.82) is 0 Å². The third-order valence-corrected chi connectivity index (χ3v) is 4.32. The van der Waals surface area contributed by atoms with Crippen molar-refractivity contribution in [2.75, 3.05) is 12.3 Å². The fourth-order valence-corrected chi connectivity index (χ4v) is 3.14. The second-order valence-electron chi connectivity index (χ2n) is 4.80. The zero-order valence-electron chi connectivity index (χ0n) is 11.6. The number of nitrogens with zero attached hydrogens (tertiary/aromatic N) is 1. The average Bonchev–Trinajstić information content (AvgIpc) is 2.65. The van der Waals surface area contributed by atoms with E-state index in [0.717, 1.165) is 0 Å². The second-order valence-corrected chi connectivity index (χ2v) is 6.11. The van der Waals surface area contributed by atoms with Crippen LogP contribution >= 0.6 is 11.8 Å². The largest absolute Gasteiger partial charge is 0.481 e. The number of hydrogen-bond acceptors (Lipinski definition) is 5. The number of aliphatic carboxylic acids is 2. The summed E-state index contributed by atoms with van der Waals surface area (Å²) in [6.07, 6.45) is 1.96. The van der Waals surface area contributed by atoms with Crippen molar-refractivity contribution in [3.8, 4) is 0 Å². The third-order valence-electron chi connectivity index (χ3n) is 3.11. The minimum atomic E-state index is -0.922. The number of carbonyl (C=O) groups is 4. The van der Waals surface area contributed by atoms with E-state index in [2.05, 4.69) is 0 Å². The third kappa shape index (κ3) is 6.16. The zero-order valence-corrected chi connectivity index (χ0v) is 12.4. The number of rotatable bonds is 10. The highest BCUT2D eigenvalue weighted by Gasteiger charge is 2.38. The van der Waals surface area contributed by atoms with Gasteiger partial charge in [-0.15, -0.1) is 11.8 Å². The molecule has 0 aliphatic carbocycles. The topological polar surface area (TPSA) is 112 Å². The van der Waals surface area contributed by atoms with Crippen LogP contribution in [-0.4, -0.2) is 56.4 Å². The van der Waals surface area contributed by atoms with Gasteiger partial charge in [0.05, 0.1) is 11.7 Å². The summed E-state index contributed by atoms with van der Waals surface area (Å²) >= 11 is 1.21. The minimum Gasteiger partial charge on any atom is -0.481 e. The number of imide groups is 1. The predicted molar refractivity (Wildman–Crippen MR) is 75.9 cm³/mol. The van der Waals surface area contributed by atoms with Gasteiger partial charge in [-0.1, -0.05) is 6.42 Å². The van der Waals surface area contributed by atoms with Crippen LogP contribution in [0, 0.1) is 0 Å². The van der Waals surface area contributed by atoms with E-state index in [9.17, 15) is 19.2 Å². The molecule has 0 aromatic rings. The highest BCUT2D eigenvalue weighted by molar-refractivity contribution is 8.00. The summed E-state index contributed by atoms with van der Waals surface area (Å²) < 4.78 is 0. The van der Waals surface area contributed by atoms with Gasteiger partial charge in [0.25, 0.3) is 0 Å². The van der Waals surface area contributed by atoms with Crippen molar-refractivity contribution in [2.45, 2.75) is 43.8 Å². The Bertz CT molecular complexity index is 425. The maximum atomic E-state index is 12.0. The zero-order chi connectivity index (χ0) is 15.8. The molecule has 1 unspecified atom stereocenters. The van der Waals surface area contributed by atoms with E-state index in [1.165, 1.54) is 16.7 Å². The molecule has 1 saturated heterocycles. The molecule has 1 rings (SSSR count). The maximum Gasteiger partial charge on any atom is 0.304 e. The number of hydrogen-bond donors (Lipinski definition) is 2. The van der Waals surface area contributed by atoms with Gasteiger partial charge in [0.1, 0.15) is 0 Å². The lowest BCUT2D eigenvalue weighted by Crippen LogP contribution is -2.32. The van der Waals surface area contributed by atoms with Crippen LogP contribution in [0.3, 0.4) is 0 Å². The molecule has 0 spiro atoms. The van der Waals surface area contributed by atoms with Crippen molar-refractivity contribution in [1.82, 2.24) is 4.90 Å². The molecule has 1 atom stereocenters. The van der Waals surface area contributed by atoms with Crippen LogP contribution in [0.2, 0.25) is 0 Å². The van der Waals surface area contributed by atoms with Crippen LogP contribution in [-0.2, 0) is 19.2 Å². The van der Waals surface area contributed by atoms with Gasteiger partial charge in [0.2, 0.25) is 11.8 Å². The van der Waals surface area contributed by atoms with Crippen molar-refractivity contribution in [3.63, 3.8) is 0 Å². The average molecular weight is 317 g/mol. The lowest BCUT2D eigenvalue weighted by Gasteiger charge is -2.14. The summed E-state index contributed by atoms with van der Waals surface area (Å²) in [5, 5.41) is 16.6. The highest BCUT2D eigenvalue weighted by Crippen LogP contribution is 2.26. The smallest absolute Gasteiger partial charge is 0.304 e. The Balaban J connectivity index is 2.28. The molecule has 8 heteroatoms. The summed E-state index contributed by atoms with van der Waals surface area (Å²) in [5.41, 5.74) is 0. The van der Waals surface area contributed by atoms with Gasteiger partial charge < -0.3 is 10.2 Å². The van der Waals surface area contributed by atoms with Crippen LogP contribution in [0.4, 0.5) is 0 Å². The number of amides is 2. The van der Waals surface area contributed by atoms with Gasteiger partial charge in [-0.3, -0.25) is 24.1 Å². The van der Waals surface area contributed by atoms with Gasteiger partial charge in [0.15, 0.2) is 0 Å². The van der Waals surface area contributed by atoms with Gasteiger partial charge >= 0.3 is 11.9 Å². The molecule has 1 heterocycles. The Morgan fingerprint density at radius 3 is 2.38 bits per heavy atom. The molecule has 0 radical (unpaired) electrons. The van der Waals surface area contributed by atoms with Gasteiger partial charge in [-0.25, -0.2) is 0 Å². The van der Waals surface area contributed by atoms with Crippen LogP contribution < -0.4 is 0 Å². The van der Waals surface area contributed by atoms with E-state index in [0.29, 0.717) is 31.6 Å². The molecule has 0 saturated carbocycles. The highest BCUT2D eigenvalue weighted by atomic mass is 32.2. The molecule has 7 nitrogen and oxygen atoms in total. The van der Waals surface area contributed by atoms with E-state index >= 15 is 0 Å². The molecule has 2 amide bonds. The van der Waals surface area contributed by atoms with Crippen molar-refractivity contribution in [3.05, 3.63) is 0 Å². The van der Waals surface area contributed by atoms with Gasteiger partial charge in [-0.2, -0.15) is 0 Å². The lowest BCUT2D eigenvalue weighted by molar-refractivity contribution is -0.139. The standard InChI is InChI=1S/C13H19NO6S/c15-10-8-9(21-7-5-12(18)19)13(20)14(10)6-3-1-2-4-11(16)17/h9H,1-8H2,(H,16,17)(H,18,19). The fraction of sp³-hybridized carbons (Fsp3) is 0.692. The molecule has 1 aliphatic rings. The molecule has 0 aromatic heterocycles. The van der Waals surface area contributed by atoms with E-state index in [4.69, 9.17) is 10.2 Å². The van der Waals surface area contributed by atoms with Crippen LogP contribution in [0.15, 0.2) is 0 Å². The van der Waals surface area contributed by atoms with E-state index in [1.54, 1.807) is 0 Å². The fourth-order valence-electron chi connectivity index (χ4n) is 2.03. The molecular formula is C13H19NO6S. The second kappa shape index (κ2) is 8.66. The first kappa shape index (κ1) is 17.5. The summed E-state index contributed by atoms with van der Waals surface area (Å²) in [7, 11) is 0. The predicted octanol–water partition coefficient (Wildman–Crippen LogP) is 0.967. The van der Waals surface area contributed by atoms with Crippen LogP contribution in [0.5, 0.6) is 0 Å². The molecule has 21 heavy (non-hydrogen) atoms. The Labute approximate surface area is 126 Å². The van der Waals surface area contributed by atoms with E-state index in [-0.39, 0.29) is 31.1 Å². The number of unbranched alkanes of at least 4 members (excludes halogenated alkanes) is 2. The first-order chi connectivity index (χ1) is 9.91. The van der Waals surface area contributed by atoms with Crippen LogP contribution in [0.25, 0.3) is 0 Å². The number of carboxylic acids is 2. The lowest BCUT2D eigenvalue weighted by atomic mass is 10.2. The molecule has 0 aromatic carbocycles. The summed E-state index contributed by atoms with van der Waals surface area (Å²) in [4.78, 5) is 45.7. The van der Waals surface area contributed by atoms with Crippen LogP contribution in [0.1, 0.15) is 38.5 Å². The summed E-state index contributed by atoms with van der Waals surface area (Å²) in [6.45, 7) is 0.313. The maximum absolute atomic E-state index is 12.0. The van der Waals surface area contributed by atoms with E-state index < -0.39 is 17.2 Å². The monoisotopic (exact) mass is 317 g/mol. The Hall–Kier alpha value is -1.57. The molecule has 2 N–H and O–H groups in total. The van der Waals surface area contributed by atoms with Gasteiger partial charge in [-0.05, 0) is 12.8 Å². The molecule has 0 bridgehead atoms. The Morgan fingerprint density at radius 2 is 1.76 bits per heavy atom. The minimum absolute atomic E-state index is 0.0299. The Kier molecular flexibility index (Phi) is 7.21. The summed E-state index contributed by atoms with van der Waals surface area (Å²) in [6, 6.07) is 0. The molecular weight excluding hydrogens is 298 g/mol. The quantitative estimate of drug-likeness (QED) is 0.456. The Morgan fingerprint density at radius 1 is 1.10 bits per heavy atom. The first-order valence-corrected chi connectivity index (χ1v) is 7.86. The van der Waals surface area contributed by atoms with Crippen molar-refractivity contribution >= 4 is 35.5 Å².